The molecule has 372 valence electrons. The molecule has 5 heteroatoms. The molecule has 1 atom stereocenters. The summed E-state index contributed by atoms with van der Waals surface area (Å²) in [7, 11) is 0. The fourth-order valence-corrected chi connectivity index (χ4v) is 7.82. The molecule has 0 spiro atoms. The lowest BCUT2D eigenvalue weighted by Gasteiger charge is -2.18. The van der Waals surface area contributed by atoms with Crippen LogP contribution in [0, 0.1) is 0 Å². The summed E-state index contributed by atoms with van der Waals surface area (Å²) in [5.74, 6) is -0.370. The molecule has 0 unspecified atom stereocenters. The number of hydrogen-bond acceptors (Lipinski definition) is 5. The number of allylic oxidation sites excluding steroid dienone is 10. The summed E-state index contributed by atoms with van der Waals surface area (Å²) in [5, 5.41) is 0. The van der Waals surface area contributed by atoms with Gasteiger partial charge in [-0.2, -0.15) is 0 Å². The van der Waals surface area contributed by atoms with Crippen molar-refractivity contribution in [3.05, 3.63) is 60.8 Å². The van der Waals surface area contributed by atoms with Gasteiger partial charge in [0.25, 0.3) is 0 Å². The second-order valence-electron chi connectivity index (χ2n) is 18.5. The van der Waals surface area contributed by atoms with Crippen LogP contribution >= 0.6 is 0 Å². The van der Waals surface area contributed by atoms with Crippen molar-refractivity contribution in [1.29, 1.82) is 0 Å². The lowest BCUT2D eigenvalue weighted by atomic mass is 10.0. The van der Waals surface area contributed by atoms with Crippen LogP contribution in [0.1, 0.15) is 278 Å². The highest BCUT2D eigenvalue weighted by molar-refractivity contribution is 5.69. The minimum absolute atomic E-state index is 0.139. The molecule has 0 saturated heterocycles. The highest BCUT2D eigenvalue weighted by Gasteiger charge is 2.16. The molecule has 0 aromatic heterocycles. The van der Waals surface area contributed by atoms with Crippen molar-refractivity contribution in [2.75, 3.05) is 19.8 Å². The maximum atomic E-state index is 12.6. The van der Waals surface area contributed by atoms with E-state index in [1.165, 1.54) is 161 Å². The van der Waals surface area contributed by atoms with Gasteiger partial charge >= 0.3 is 11.9 Å². The van der Waals surface area contributed by atoms with Gasteiger partial charge in [-0.1, -0.05) is 236 Å². The number of esters is 2. The van der Waals surface area contributed by atoms with Crippen LogP contribution < -0.4 is 0 Å². The summed E-state index contributed by atoms with van der Waals surface area (Å²) in [5.41, 5.74) is 0. The molecular weight excluding hydrogens is 789 g/mol. The first-order valence-corrected chi connectivity index (χ1v) is 27.8. The minimum atomic E-state index is -0.415. The van der Waals surface area contributed by atoms with Crippen molar-refractivity contribution in [2.24, 2.45) is 0 Å². The van der Waals surface area contributed by atoms with Gasteiger partial charge in [-0.3, -0.25) is 9.59 Å². The van der Waals surface area contributed by atoms with E-state index in [1.807, 2.05) is 0 Å². The Labute approximate surface area is 398 Å². The quantitative estimate of drug-likeness (QED) is 0.0346. The molecule has 0 N–H and O–H groups in total. The van der Waals surface area contributed by atoms with E-state index in [1.54, 1.807) is 0 Å². The molecule has 0 radical (unpaired) electrons. The lowest BCUT2D eigenvalue weighted by molar-refractivity contribution is -0.155. The molecule has 0 saturated carbocycles. The fraction of sp³-hybridized carbons (Fsp3) is 0.797. The van der Waals surface area contributed by atoms with Crippen LogP contribution in [-0.4, -0.2) is 37.9 Å². The zero-order valence-electron chi connectivity index (χ0n) is 42.8. The van der Waals surface area contributed by atoms with E-state index in [9.17, 15) is 9.59 Å². The van der Waals surface area contributed by atoms with E-state index in [0.29, 0.717) is 19.4 Å². The summed E-state index contributed by atoms with van der Waals surface area (Å²) in [4.78, 5) is 25.2. The predicted molar refractivity (Wildman–Crippen MR) is 279 cm³/mol. The van der Waals surface area contributed by atoms with Gasteiger partial charge in [-0.25, -0.2) is 0 Å². The Morgan fingerprint density at radius 1 is 0.328 bits per heavy atom. The van der Waals surface area contributed by atoms with E-state index >= 15 is 0 Å². The van der Waals surface area contributed by atoms with Crippen molar-refractivity contribution in [3.8, 4) is 0 Å². The van der Waals surface area contributed by atoms with E-state index in [-0.39, 0.29) is 25.2 Å². The molecular formula is C59H106O5. The first-order valence-electron chi connectivity index (χ1n) is 27.8. The monoisotopic (exact) mass is 895 g/mol. The van der Waals surface area contributed by atoms with Crippen molar-refractivity contribution < 1.29 is 23.8 Å². The SMILES string of the molecule is CCCCC/C=C\C/C=C\C/C=C\C/C=C\CCCCCC(=O)OC[C@H](COC(=O)CCCCCCC/C=C\CCCCCC)OCCCCCCCCCCCCCCCCCC. The lowest BCUT2D eigenvalue weighted by Crippen LogP contribution is -2.29. The Hall–Kier alpha value is -2.40. The molecule has 0 bridgehead atoms. The highest BCUT2D eigenvalue weighted by Crippen LogP contribution is 2.15. The van der Waals surface area contributed by atoms with Gasteiger partial charge in [-0.05, 0) is 89.9 Å². The molecule has 0 aromatic carbocycles. The van der Waals surface area contributed by atoms with Gasteiger partial charge in [0.05, 0.1) is 0 Å². The largest absolute Gasteiger partial charge is 0.463 e. The molecule has 0 rings (SSSR count). The summed E-state index contributed by atoms with van der Waals surface area (Å²) >= 11 is 0. The Kier molecular flexibility index (Phi) is 52.9. The summed E-state index contributed by atoms with van der Waals surface area (Å²) < 4.78 is 17.5. The zero-order valence-corrected chi connectivity index (χ0v) is 42.8. The molecule has 0 aliphatic heterocycles. The van der Waals surface area contributed by atoms with Crippen LogP contribution in [0.25, 0.3) is 0 Å². The van der Waals surface area contributed by atoms with E-state index < -0.39 is 6.10 Å². The number of carbonyl (C=O) groups excluding carboxylic acids is 2. The number of ether oxygens (including phenoxy) is 3. The normalized spacial score (nSPS) is 12.6. The Morgan fingerprint density at radius 2 is 0.594 bits per heavy atom. The standard InChI is InChI=1S/C59H106O5/c1-4-7-10-13-16-19-22-25-27-29-30-31-32-35-38-41-44-47-50-53-59(61)64-56-57(55-63-58(60)52-49-46-43-40-37-34-24-21-18-15-12-9-6-3)62-54-51-48-45-42-39-36-33-28-26-23-20-17-14-11-8-5-2/h16,19,21,24-25,27,30-31,35,38,57H,4-15,17-18,20,22-23,26,28-29,32-34,36-37,39-56H2,1-3H3/b19-16-,24-21-,27-25-,31-30-,38-35-/t57-/m0/s1. The first kappa shape index (κ1) is 61.6. The van der Waals surface area contributed by atoms with Crippen molar-refractivity contribution in [1.82, 2.24) is 0 Å². The van der Waals surface area contributed by atoms with E-state index in [0.717, 1.165) is 83.5 Å². The summed E-state index contributed by atoms with van der Waals surface area (Å²) in [6, 6.07) is 0. The van der Waals surface area contributed by atoms with E-state index in [4.69, 9.17) is 14.2 Å². The van der Waals surface area contributed by atoms with Crippen molar-refractivity contribution in [3.63, 3.8) is 0 Å². The van der Waals surface area contributed by atoms with Gasteiger partial charge in [-0.15, -0.1) is 0 Å². The third-order valence-corrected chi connectivity index (χ3v) is 12.1. The number of carbonyl (C=O) groups is 2. The average molecular weight is 895 g/mol. The predicted octanol–water partition coefficient (Wildman–Crippen LogP) is 18.9. The molecule has 0 aliphatic rings. The third-order valence-electron chi connectivity index (χ3n) is 12.1. The molecule has 64 heavy (non-hydrogen) atoms. The first-order chi connectivity index (χ1) is 31.6. The van der Waals surface area contributed by atoms with Gasteiger partial charge in [0.1, 0.15) is 19.3 Å². The minimum Gasteiger partial charge on any atom is -0.463 e. The van der Waals surface area contributed by atoms with Crippen LogP contribution in [0.4, 0.5) is 0 Å². The Balaban J connectivity index is 4.30. The Bertz CT molecular complexity index is 1100. The topological polar surface area (TPSA) is 61.8 Å². The van der Waals surface area contributed by atoms with E-state index in [2.05, 4.69) is 81.5 Å². The molecule has 0 heterocycles. The number of unbranched alkanes of at least 4 members (excludes halogenated alkanes) is 30. The van der Waals surface area contributed by atoms with Gasteiger partial charge in [0.2, 0.25) is 0 Å². The maximum Gasteiger partial charge on any atom is 0.305 e. The molecule has 5 nitrogen and oxygen atoms in total. The van der Waals surface area contributed by atoms with Crippen LogP contribution in [0.2, 0.25) is 0 Å². The van der Waals surface area contributed by atoms with Crippen LogP contribution in [0.3, 0.4) is 0 Å². The molecule has 0 amide bonds. The van der Waals surface area contributed by atoms with Crippen molar-refractivity contribution in [2.45, 2.75) is 284 Å². The molecule has 0 fully saturated rings. The number of hydrogen-bond donors (Lipinski definition) is 0. The summed E-state index contributed by atoms with van der Waals surface area (Å²) in [6.45, 7) is 7.67. The van der Waals surface area contributed by atoms with Gasteiger partial charge in [0, 0.05) is 19.4 Å². The second-order valence-corrected chi connectivity index (χ2v) is 18.5. The smallest absolute Gasteiger partial charge is 0.305 e. The highest BCUT2D eigenvalue weighted by atomic mass is 16.6. The van der Waals surface area contributed by atoms with Crippen LogP contribution in [-0.2, 0) is 23.8 Å². The van der Waals surface area contributed by atoms with Gasteiger partial charge in [0.15, 0.2) is 0 Å². The second kappa shape index (κ2) is 54.9. The van der Waals surface area contributed by atoms with Crippen molar-refractivity contribution >= 4 is 11.9 Å². The molecule has 0 aromatic rings. The fourth-order valence-electron chi connectivity index (χ4n) is 7.82. The zero-order chi connectivity index (χ0) is 46.3. The average Bonchev–Trinajstić information content (AvgIpc) is 3.30. The van der Waals surface area contributed by atoms with Gasteiger partial charge < -0.3 is 14.2 Å². The Morgan fingerprint density at radius 3 is 1.00 bits per heavy atom. The van der Waals surface area contributed by atoms with Crippen LogP contribution in [0.15, 0.2) is 60.8 Å². The third kappa shape index (κ3) is 52.2. The molecule has 0 aliphatic carbocycles. The summed E-state index contributed by atoms with van der Waals surface area (Å²) in [6.07, 6.45) is 69.7. The number of rotatable bonds is 51. The van der Waals surface area contributed by atoms with Crippen LogP contribution in [0.5, 0.6) is 0 Å². The maximum absolute atomic E-state index is 12.6.